The maximum atomic E-state index is 5.68. The van der Waals surface area contributed by atoms with E-state index in [1.807, 2.05) is 45.0 Å². The number of benzene rings is 1. The van der Waals surface area contributed by atoms with Gasteiger partial charge in [0.05, 0.1) is 7.11 Å². The summed E-state index contributed by atoms with van der Waals surface area (Å²) >= 11 is 0. The standard InChI is InChI=1S/C9H13NO.C2H6.H2/c1-7(10)8-4-3-5-9(6-8)11-2;1-2;/h3-7H,10H2,1-2H3;1-2H3;1H/t7-;;/m1../s1. The zero-order valence-electron chi connectivity index (χ0n) is 8.87. The highest BCUT2D eigenvalue weighted by molar-refractivity contribution is 5.29. The molecular weight excluding hydrogens is 162 g/mol. The van der Waals surface area contributed by atoms with Gasteiger partial charge in [0, 0.05) is 7.47 Å². The molecule has 0 saturated carbocycles. The van der Waals surface area contributed by atoms with Gasteiger partial charge in [0.25, 0.3) is 0 Å². The van der Waals surface area contributed by atoms with Crippen LogP contribution in [0.1, 0.15) is 33.8 Å². The van der Waals surface area contributed by atoms with Gasteiger partial charge in [-0.1, -0.05) is 26.0 Å². The summed E-state index contributed by atoms with van der Waals surface area (Å²) in [5, 5.41) is 0. The van der Waals surface area contributed by atoms with Crippen LogP contribution >= 0.6 is 0 Å². The smallest absolute Gasteiger partial charge is 0.119 e. The predicted molar refractivity (Wildman–Crippen MR) is 59.1 cm³/mol. The molecule has 2 nitrogen and oxygen atoms in total. The first-order valence-corrected chi connectivity index (χ1v) is 4.63. The molecule has 1 atom stereocenters. The van der Waals surface area contributed by atoms with Crippen molar-refractivity contribution in [1.82, 2.24) is 0 Å². The van der Waals surface area contributed by atoms with Crippen LogP contribution in [0.15, 0.2) is 24.3 Å². The van der Waals surface area contributed by atoms with Crippen molar-refractivity contribution in [2.24, 2.45) is 5.73 Å². The van der Waals surface area contributed by atoms with Gasteiger partial charge >= 0.3 is 0 Å². The van der Waals surface area contributed by atoms with Gasteiger partial charge in [-0.3, -0.25) is 0 Å². The average molecular weight is 183 g/mol. The fourth-order valence-electron chi connectivity index (χ4n) is 0.925. The van der Waals surface area contributed by atoms with Crippen LogP contribution < -0.4 is 10.5 Å². The molecule has 0 spiro atoms. The van der Waals surface area contributed by atoms with Crippen LogP contribution in [0.4, 0.5) is 0 Å². The Bertz CT molecular complexity index is 238. The van der Waals surface area contributed by atoms with Gasteiger partial charge in [-0.05, 0) is 24.6 Å². The Morgan fingerprint density at radius 2 is 2.00 bits per heavy atom. The van der Waals surface area contributed by atoms with Crippen LogP contribution in [0.25, 0.3) is 0 Å². The Morgan fingerprint density at radius 3 is 2.46 bits per heavy atom. The molecule has 1 rings (SSSR count). The van der Waals surface area contributed by atoms with Gasteiger partial charge < -0.3 is 10.5 Å². The molecule has 2 heteroatoms. The van der Waals surface area contributed by atoms with Crippen LogP contribution in [0.5, 0.6) is 5.75 Å². The Kier molecular flexibility index (Phi) is 5.98. The van der Waals surface area contributed by atoms with Gasteiger partial charge in [-0.15, -0.1) is 0 Å². The average Bonchev–Trinajstić information content (AvgIpc) is 2.21. The molecule has 1 aromatic carbocycles. The van der Waals surface area contributed by atoms with Gasteiger partial charge in [0.2, 0.25) is 0 Å². The lowest BCUT2D eigenvalue weighted by Gasteiger charge is -2.06. The summed E-state index contributed by atoms with van der Waals surface area (Å²) in [4.78, 5) is 0. The Morgan fingerprint density at radius 1 is 1.38 bits per heavy atom. The molecule has 0 aromatic heterocycles. The molecule has 0 aliphatic heterocycles. The fourth-order valence-corrected chi connectivity index (χ4v) is 0.925. The lowest BCUT2D eigenvalue weighted by molar-refractivity contribution is 0.414. The maximum Gasteiger partial charge on any atom is 0.119 e. The molecule has 0 fully saturated rings. The van der Waals surface area contributed by atoms with E-state index >= 15 is 0 Å². The monoisotopic (exact) mass is 183 g/mol. The molecule has 0 amide bonds. The largest absolute Gasteiger partial charge is 0.497 e. The number of rotatable bonds is 2. The molecule has 0 bridgehead atoms. The van der Waals surface area contributed by atoms with Crippen molar-refractivity contribution in [3.63, 3.8) is 0 Å². The summed E-state index contributed by atoms with van der Waals surface area (Å²) in [5.41, 5.74) is 6.78. The van der Waals surface area contributed by atoms with Crippen LogP contribution in [-0.2, 0) is 0 Å². The van der Waals surface area contributed by atoms with Gasteiger partial charge in [-0.25, -0.2) is 0 Å². The molecule has 0 radical (unpaired) electrons. The number of nitrogens with two attached hydrogens (primary N) is 1. The van der Waals surface area contributed by atoms with E-state index in [2.05, 4.69) is 0 Å². The topological polar surface area (TPSA) is 35.2 Å². The zero-order chi connectivity index (χ0) is 10.3. The van der Waals surface area contributed by atoms with Crippen molar-refractivity contribution >= 4 is 0 Å². The first kappa shape index (κ1) is 12.0. The van der Waals surface area contributed by atoms with Crippen molar-refractivity contribution < 1.29 is 6.16 Å². The van der Waals surface area contributed by atoms with Crippen LogP contribution in [0.3, 0.4) is 0 Å². The first-order valence-electron chi connectivity index (χ1n) is 4.63. The molecule has 0 heterocycles. The van der Waals surface area contributed by atoms with E-state index in [4.69, 9.17) is 10.5 Å². The minimum absolute atomic E-state index is 0. The molecule has 13 heavy (non-hydrogen) atoms. The summed E-state index contributed by atoms with van der Waals surface area (Å²) in [6, 6.07) is 7.87. The molecule has 0 aliphatic carbocycles. The van der Waals surface area contributed by atoms with Crippen molar-refractivity contribution in [1.29, 1.82) is 0 Å². The third kappa shape index (κ3) is 3.95. The van der Waals surface area contributed by atoms with E-state index in [0.717, 1.165) is 11.3 Å². The molecule has 1 aromatic rings. The first-order chi connectivity index (χ1) is 6.24. The maximum absolute atomic E-state index is 5.68. The molecule has 0 aliphatic rings. The number of hydrogen-bond acceptors (Lipinski definition) is 2. The summed E-state index contributed by atoms with van der Waals surface area (Å²) in [7, 11) is 1.65. The second-order valence-corrected chi connectivity index (χ2v) is 2.57. The van der Waals surface area contributed by atoms with E-state index in [0.29, 0.717) is 0 Å². The second-order valence-electron chi connectivity index (χ2n) is 2.57. The lowest BCUT2D eigenvalue weighted by Crippen LogP contribution is -2.04. The summed E-state index contributed by atoms with van der Waals surface area (Å²) < 4.78 is 5.05. The highest BCUT2D eigenvalue weighted by Gasteiger charge is 1.98. The van der Waals surface area contributed by atoms with Gasteiger partial charge in [-0.2, -0.15) is 0 Å². The summed E-state index contributed by atoms with van der Waals surface area (Å²) in [6.07, 6.45) is 0. The van der Waals surface area contributed by atoms with Crippen LogP contribution in [0.2, 0.25) is 0 Å². The van der Waals surface area contributed by atoms with Crippen molar-refractivity contribution in [2.75, 3.05) is 7.11 Å². The fraction of sp³-hybridized carbons (Fsp3) is 0.455. The minimum atomic E-state index is 0. The number of methoxy groups -OCH3 is 1. The number of ether oxygens (including phenoxy) is 1. The highest BCUT2D eigenvalue weighted by Crippen LogP contribution is 2.16. The predicted octanol–water partition coefficient (Wildman–Crippen LogP) is 2.99. The zero-order valence-corrected chi connectivity index (χ0v) is 8.87. The van der Waals surface area contributed by atoms with E-state index in [1.165, 1.54) is 0 Å². The quantitative estimate of drug-likeness (QED) is 0.765. The van der Waals surface area contributed by atoms with Crippen molar-refractivity contribution in [3.05, 3.63) is 29.8 Å². The minimum Gasteiger partial charge on any atom is -0.497 e. The summed E-state index contributed by atoms with van der Waals surface area (Å²) in [6.45, 7) is 5.95. The van der Waals surface area contributed by atoms with Gasteiger partial charge in [0.1, 0.15) is 5.75 Å². The van der Waals surface area contributed by atoms with Crippen molar-refractivity contribution in [2.45, 2.75) is 26.8 Å². The Hall–Kier alpha value is -1.02. The molecular formula is C11H21NO. The lowest BCUT2D eigenvalue weighted by atomic mass is 10.1. The van der Waals surface area contributed by atoms with Crippen LogP contribution in [-0.4, -0.2) is 7.11 Å². The van der Waals surface area contributed by atoms with Gasteiger partial charge in [0.15, 0.2) is 0 Å². The normalized spacial score (nSPS) is 11.2. The molecule has 2 N–H and O–H groups in total. The number of hydrogen-bond donors (Lipinski definition) is 1. The Labute approximate surface area is 82.2 Å². The molecule has 76 valence electrons. The van der Waals surface area contributed by atoms with Crippen molar-refractivity contribution in [3.8, 4) is 5.75 Å². The third-order valence-corrected chi connectivity index (χ3v) is 1.62. The SMILES string of the molecule is CC.COc1cccc([C@@H](C)N)c1.[HH]. The molecule has 0 unspecified atom stereocenters. The van der Waals surface area contributed by atoms with E-state index in [9.17, 15) is 0 Å². The van der Waals surface area contributed by atoms with E-state index in [1.54, 1.807) is 7.11 Å². The molecule has 0 saturated heterocycles. The Balaban J connectivity index is 0. The van der Waals surface area contributed by atoms with E-state index < -0.39 is 0 Å². The third-order valence-electron chi connectivity index (χ3n) is 1.62. The second kappa shape index (κ2) is 6.49. The summed E-state index contributed by atoms with van der Waals surface area (Å²) in [5.74, 6) is 0.861. The van der Waals surface area contributed by atoms with E-state index in [-0.39, 0.29) is 7.47 Å². The van der Waals surface area contributed by atoms with Crippen LogP contribution in [0, 0.1) is 0 Å². The highest BCUT2D eigenvalue weighted by atomic mass is 16.5.